The van der Waals surface area contributed by atoms with Gasteiger partial charge in [0.25, 0.3) is 0 Å². The van der Waals surface area contributed by atoms with Gasteiger partial charge in [-0.3, -0.25) is 9.98 Å². The number of fused-ring (bicyclic) bond motifs is 1. The normalized spacial score (nSPS) is 11.2. The van der Waals surface area contributed by atoms with Gasteiger partial charge in [-0.15, -0.1) is 0 Å². The van der Waals surface area contributed by atoms with E-state index in [9.17, 15) is 0 Å². The Kier molecular flexibility index (Phi) is 3.32. The van der Waals surface area contributed by atoms with Crippen molar-refractivity contribution in [3.05, 3.63) is 78.1 Å². The van der Waals surface area contributed by atoms with Crippen LogP contribution in [-0.4, -0.2) is 11.2 Å². The molecule has 0 spiro atoms. The van der Waals surface area contributed by atoms with Gasteiger partial charge in [-0.25, -0.2) is 0 Å². The maximum absolute atomic E-state index is 4.50. The molecule has 3 aromatic rings. The molecule has 0 fully saturated rings. The first kappa shape index (κ1) is 11.6. The van der Waals surface area contributed by atoms with Crippen LogP contribution in [-0.2, 0) is 6.54 Å². The van der Waals surface area contributed by atoms with Crippen molar-refractivity contribution in [1.82, 2.24) is 4.98 Å². The molecule has 0 bridgehead atoms. The molecule has 0 unspecified atom stereocenters. The smallest absolute Gasteiger partial charge is 0.0654 e. The second-order valence-electron chi connectivity index (χ2n) is 4.40. The lowest BCUT2D eigenvalue weighted by Gasteiger charge is -2.01. The molecule has 0 amide bonds. The fourth-order valence-corrected chi connectivity index (χ4v) is 2.10. The van der Waals surface area contributed by atoms with Crippen LogP contribution in [0.3, 0.4) is 0 Å². The van der Waals surface area contributed by atoms with Gasteiger partial charge in [-0.2, -0.15) is 0 Å². The van der Waals surface area contributed by atoms with Gasteiger partial charge in [0, 0.05) is 24.2 Å². The Hall–Kier alpha value is -2.48. The summed E-state index contributed by atoms with van der Waals surface area (Å²) in [6.45, 7) is 0.664. The van der Waals surface area contributed by atoms with Gasteiger partial charge in [-0.1, -0.05) is 48.5 Å². The molecule has 19 heavy (non-hydrogen) atoms. The number of nitrogens with zero attached hydrogens (tertiary/aromatic N) is 2. The Morgan fingerprint density at radius 3 is 2.74 bits per heavy atom. The predicted octanol–water partition coefficient (Wildman–Crippen LogP) is 3.85. The molecule has 92 valence electrons. The molecular formula is C17H14N2. The van der Waals surface area contributed by atoms with E-state index in [2.05, 4.69) is 52.4 Å². The van der Waals surface area contributed by atoms with Gasteiger partial charge < -0.3 is 0 Å². The van der Waals surface area contributed by atoms with E-state index in [4.69, 9.17) is 0 Å². The first-order valence-electron chi connectivity index (χ1n) is 6.30. The van der Waals surface area contributed by atoms with Crippen molar-refractivity contribution in [2.24, 2.45) is 4.99 Å². The van der Waals surface area contributed by atoms with Crippen LogP contribution in [0.4, 0.5) is 0 Å². The number of aliphatic imine (C=N–C) groups is 1. The van der Waals surface area contributed by atoms with Crippen molar-refractivity contribution < 1.29 is 0 Å². The van der Waals surface area contributed by atoms with Crippen molar-refractivity contribution in [2.75, 3.05) is 0 Å². The zero-order chi connectivity index (χ0) is 12.9. The van der Waals surface area contributed by atoms with Crippen LogP contribution in [0.25, 0.3) is 10.8 Å². The second-order valence-corrected chi connectivity index (χ2v) is 4.40. The molecule has 2 nitrogen and oxygen atoms in total. The summed E-state index contributed by atoms with van der Waals surface area (Å²) in [5.41, 5.74) is 2.28. The van der Waals surface area contributed by atoms with Crippen LogP contribution in [0.15, 0.2) is 72.0 Å². The molecular weight excluding hydrogens is 232 g/mol. The summed E-state index contributed by atoms with van der Waals surface area (Å²) in [6, 6.07) is 18.6. The Bertz CT molecular complexity index is 697. The van der Waals surface area contributed by atoms with E-state index in [1.807, 2.05) is 24.5 Å². The first-order valence-corrected chi connectivity index (χ1v) is 6.30. The average molecular weight is 246 g/mol. The topological polar surface area (TPSA) is 25.2 Å². The molecule has 0 saturated carbocycles. The number of hydrogen-bond donors (Lipinski definition) is 0. The van der Waals surface area contributed by atoms with E-state index < -0.39 is 0 Å². The summed E-state index contributed by atoms with van der Waals surface area (Å²) in [5, 5.41) is 2.48. The molecule has 0 saturated heterocycles. The fourth-order valence-electron chi connectivity index (χ4n) is 2.10. The number of hydrogen-bond acceptors (Lipinski definition) is 2. The van der Waals surface area contributed by atoms with E-state index in [1.165, 1.54) is 10.8 Å². The lowest BCUT2D eigenvalue weighted by atomic mass is 10.1. The summed E-state index contributed by atoms with van der Waals surface area (Å²) < 4.78 is 0. The maximum Gasteiger partial charge on any atom is 0.0654 e. The molecule has 0 N–H and O–H groups in total. The van der Waals surface area contributed by atoms with Crippen LogP contribution < -0.4 is 0 Å². The van der Waals surface area contributed by atoms with Crippen molar-refractivity contribution >= 4 is 17.0 Å². The summed E-state index contributed by atoms with van der Waals surface area (Å²) >= 11 is 0. The zero-order valence-corrected chi connectivity index (χ0v) is 10.5. The van der Waals surface area contributed by atoms with Crippen LogP contribution in [0, 0.1) is 0 Å². The molecule has 0 radical (unpaired) electrons. The number of benzene rings is 2. The van der Waals surface area contributed by atoms with Crippen LogP contribution in [0.1, 0.15) is 11.1 Å². The van der Waals surface area contributed by atoms with Gasteiger partial charge in [0.15, 0.2) is 0 Å². The Morgan fingerprint density at radius 1 is 0.947 bits per heavy atom. The molecule has 2 heteroatoms. The monoisotopic (exact) mass is 246 g/mol. The Labute approximate surface area is 112 Å². The van der Waals surface area contributed by atoms with E-state index >= 15 is 0 Å². The van der Waals surface area contributed by atoms with E-state index in [1.54, 1.807) is 6.20 Å². The summed E-state index contributed by atoms with van der Waals surface area (Å²) in [5.74, 6) is 0. The molecule has 3 rings (SSSR count). The van der Waals surface area contributed by atoms with E-state index in [0.29, 0.717) is 6.54 Å². The van der Waals surface area contributed by atoms with Crippen molar-refractivity contribution in [3.8, 4) is 0 Å². The third-order valence-corrected chi connectivity index (χ3v) is 3.05. The summed E-state index contributed by atoms with van der Waals surface area (Å²) in [4.78, 5) is 8.58. The lowest BCUT2D eigenvalue weighted by Crippen LogP contribution is -1.87. The number of rotatable bonds is 3. The van der Waals surface area contributed by atoms with Crippen LogP contribution in [0.2, 0.25) is 0 Å². The first-order chi connectivity index (χ1) is 9.43. The van der Waals surface area contributed by atoms with Gasteiger partial charge in [0.2, 0.25) is 0 Å². The third-order valence-electron chi connectivity index (χ3n) is 3.05. The quantitative estimate of drug-likeness (QED) is 0.644. The van der Waals surface area contributed by atoms with E-state index in [-0.39, 0.29) is 0 Å². The van der Waals surface area contributed by atoms with E-state index in [0.717, 1.165) is 11.1 Å². The van der Waals surface area contributed by atoms with Gasteiger partial charge in [0.1, 0.15) is 0 Å². The minimum absolute atomic E-state index is 0.664. The highest BCUT2D eigenvalue weighted by molar-refractivity contribution is 5.99. The minimum atomic E-state index is 0.664. The molecule has 0 aliphatic carbocycles. The van der Waals surface area contributed by atoms with Crippen LogP contribution in [0.5, 0.6) is 0 Å². The molecule has 0 aliphatic heterocycles. The van der Waals surface area contributed by atoms with Crippen molar-refractivity contribution in [3.63, 3.8) is 0 Å². The molecule has 1 heterocycles. The largest absolute Gasteiger partial charge is 0.288 e. The Morgan fingerprint density at radius 2 is 1.84 bits per heavy atom. The Balaban J connectivity index is 1.85. The maximum atomic E-state index is 4.50. The second kappa shape index (κ2) is 5.44. The molecule has 0 atom stereocenters. The summed E-state index contributed by atoms with van der Waals surface area (Å²) in [6.07, 6.45) is 5.56. The van der Waals surface area contributed by atoms with Gasteiger partial charge in [-0.05, 0) is 22.4 Å². The molecule has 0 aliphatic rings. The molecule has 2 aromatic carbocycles. The lowest BCUT2D eigenvalue weighted by molar-refractivity contribution is 1.05. The highest BCUT2D eigenvalue weighted by Crippen LogP contribution is 2.16. The summed E-state index contributed by atoms with van der Waals surface area (Å²) in [7, 11) is 0. The van der Waals surface area contributed by atoms with Crippen molar-refractivity contribution in [1.29, 1.82) is 0 Å². The predicted molar refractivity (Wildman–Crippen MR) is 79.5 cm³/mol. The van der Waals surface area contributed by atoms with Gasteiger partial charge in [0.05, 0.1) is 6.54 Å². The zero-order valence-electron chi connectivity index (χ0n) is 10.5. The highest BCUT2D eigenvalue weighted by Gasteiger charge is 1.96. The SMILES string of the molecule is C(=NCc1cccnc1)c1cccc2ccccc12. The third kappa shape index (κ3) is 2.68. The highest BCUT2D eigenvalue weighted by atomic mass is 14.7. The van der Waals surface area contributed by atoms with Gasteiger partial charge >= 0.3 is 0 Å². The standard InChI is InChI=1S/C17H14N2/c1-2-9-17-15(6-1)7-3-8-16(17)13-19-12-14-5-4-10-18-11-14/h1-11,13H,12H2. The molecule has 1 aromatic heterocycles. The fraction of sp³-hybridized carbons (Fsp3) is 0.0588. The van der Waals surface area contributed by atoms with Crippen LogP contribution >= 0.6 is 0 Å². The average Bonchev–Trinajstić information content (AvgIpc) is 2.49. The minimum Gasteiger partial charge on any atom is -0.288 e. The number of aromatic nitrogens is 1. The van der Waals surface area contributed by atoms with Crippen molar-refractivity contribution in [2.45, 2.75) is 6.54 Å². The number of pyridine rings is 1.